The minimum absolute atomic E-state index is 0.297. The molecule has 2 rings (SSSR count). The Morgan fingerprint density at radius 1 is 1.33 bits per heavy atom. The largest absolute Gasteiger partial charge is 0.312 e. The number of thiazole rings is 1. The average molecular weight is 310 g/mol. The predicted molar refractivity (Wildman–Crippen MR) is 92.1 cm³/mol. The summed E-state index contributed by atoms with van der Waals surface area (Å²) < 4.78 is 0. The van der Waals surface area contributed by atoms with E-state index in [9.17, 15) is 0 Å². The lowest BCUT2D eigenvalue weighted by atomic mass is 9.74. The molecule has 1 aromatic heterocycles. The third-order valence-electron chi connectivity index (χ3n) is 4.98. The Hall–Kier alpha value is -0.450. The summed E-state index contributed by atoms with van der Waals surface area (Å²) >= 11 is 1.77. The topological polar surface area (TPSA) is 28.2 Å². The summed E-state index contributed by atoms with van der Waals surface area (Å²) in [5.74, 6) is 0. The number of aryl methyl sites for hydroxylation is 1. The zero-order chi connectivity index (χ0) is 15.3. The van der Waals surface area contributed by atoms with Gasteiger partial charge in [-0.25, -0.2) is 4.98 Å². The standard InChI is InChI=1S/C17H31N3S/c1-5-11-18-16(12-15-13-21-14(2)19-15)17(20(3)4)9-7-6-8-10-17/h13,16,18H,5-12H2,1-4H3. The first kappa shape index (κ1) is 16.9. The molecule has 0 amide bonds. The van der Waals surface area contributed by atoms with Crippen LogP contribution in [0, 0.1) is 6.92 Å². The van der Waals surface area contributed by atoms with Crippen molar-refractivity contribution in [2.75, 3.05) is 20.6 Å². The highest BCUT2D eigenvalue weighted by Crippen LogP contribution is 2.36. The van der Waals surface area contributed by atoms with Gasteiger partial charge in [0.1, 0.15) is 0 Å². The number of aromatic nitrogens is 1. The van der Waals surface area contributed by atoms with Crippen LogP contribution in [0.4, 0.5) is 0 Å². The molecule has 0 aromatic carbocycles. The molecule has 1 N–H and O–H groups in total. The second-order valence-electron chi connectivity index (χ2n) is 6.63. The fraction of sp³-hybridized carbons (Fsp3) is 0.824. The van der Waals surface area contributed by atoms with Crippen molar-refractivity contribution in [3.05, 3.63) is 16.1 Å². The fourth-order valence-electron chi connectivity index (χ4n) is 3.75. The van der Waals surface area contributed by atoms with Crippen molar-refractivity contribution < 1.29 is 0 Å². The van der Waals surface area contributed by atoms with Gasteiger partial charge in [0, 0.05) is 23.4 Å². The van der Waals surface area contributed by atoms with Crippen LogP contribution in [0.5, 0.6) is 0 Å². The van der Waals surface area contributed by atoms with E-state index in [4.69, 9.17) is 4.98 Å². The monoisotopic (exact) mass is 309 g/mol. The molecule has 0 aliphatic heterocycles. The minimum atomic E-state index is 0.297. The van der Waals surface area contributed by atoms with Crippen LogP contribution in [-0.2, 0) is 6.42 Å². The van der Waals surface area contributed by atoms with E-state index in [-0.39, 0.29) is 0 Å². The van der Waals surface area contributed by atoms with Crippen molar-refractivity contribution in [2.45, 2.75) is 70.4 Å². The summed E-state index contributed by atoms with van der Waals surface area (Å²) in [6, 6.07) is 0.509. The summed E-state index contributed by atoms with van der Waals surface area (Å²) in [7, 11) is 4.52. The number of likely N-dealkylation sites (N-methyl/N-ethyl adjacent to an activating group) is 1. The van der Waals surface area contributed by atoms with Crippen molar-refractivity contribution in [3.63, 3.8) is 0 Å². The highest BCUT2D eigenvalue weighted by atomic mass is 32.1. The molecule has 1 fully saturated rings. The lowest BCUT2D eigenvalue weighted by molar-refractivity contribution is 0.0566. The Morgan fingerprint density at radius 2 is 2.05 bits per heavy atom. The lowest BCUT2D eigenvalue weighted by Crippen LogP contribution is -2.61. The Morgan fingerprint density at radius 3 is 2.57 bits per heavy atom. The van der Waals surface area contributed by atoms with Crippen molar-refractivity contribution in [1.82, 2.24) is 15.2 Å². The van der Waals surface area contributed by atoms with Gasteiger partial charge < -0.3 is 10.2 Å². The summed E-state index contributed by atoms with van der Waals surface area (Å²) in [5.41, 5.74) is 1.56. The predicted octanol–water partition coefficient (Wildman–Crippen LogP) is 3.63. The molecular formula is C17H31N3S. The summed E-state index contributed by atoms with van der Waals surface area (Å²) in [5, 5.41) is 7.26. The second-order valence-corrected chi connectivity index (χ2v) is 7.69. The fourth-order valence-corrected chi connectivity index (χ4v) is 4.38. The van der Waals surface area contributed by atoms with Crippen LogP contribution >= 0.6 is 11.3 Å². The van der Waals surface area contributed by atoms with Gasteiger partial charge in [0.25, 0.3) is 0 Å². The maximum absolute atomic E-state index is 4.70. The highest BCUT2D eigenvalue weighted by Gasteiger charge is 2.41. The SMILES string of the molecule is CCCNC(Cc1csc(C)n1)C1(N(C)C)CCCCC1. The molecular weight excluding hydrogens is 278 g/mol. The molecule has 1 aromatic rings. The molecule has 1 aliphatic rings. The van der Waals surface area contributed by atoms with Crippen LogP contribution in [0.3, 0.4) is 0 Å². The smallest absolute Gasteiger partial charge is 0.0897 e. The van der Waals surface area contributed by atoms with E-state index >= 15 is 0 Å². The van der Waals surface area contributed by atoms with Crippen molar-refractivity contribution in [1.29, 1.82) is 0 Å². The molecule has 0 spiro atoms. The van der Waals surface area contributed by atoms with Gasteiger partial charge >= 0.3 is 0 Å². The number of hydrogen-bond donors (Lipinski definition) is 1. The molecule has 0 radical (unpaired) electrons. The minimum Gasteiger partial charge on any atom is -0.312 e. The molecule has 21 heavy (non-hydrogen) atoms. The third-order valence-corrected chi connectivity index (χ3v) is 5.80. The van der Waals surface area contributed by atoms with Crippen LogP contribution in [0.2, 0.25) is 0 Å². The average Bonchev–Trinajstić information content (AvgIpc) is 2.89. The Bertz CT molecular complexity index is 421. The Balaban J connectivity index is 2.19. The van der Waals surface area contributed by atoms with Crippen LogP contribution in [-0.4, -0.2) is 42.1 Å². The zero-order valence-electron chi connectivity index (χ0n) is 14.1. The molecule has 0 bridgehead atoms. The van der Waals surface area contributed by atoms with Crippen molar-refractivity contribution in [2.24, 2.45) is 0 Å². The number of nitrogens with zero attached hydrogens (tertiary/aromatic N) is 2. The molecule has 3 nitrogen and oxygen atoms in total. The van der Waals surface area contributed by atoms with Gasteiger partial charge in [-0.1, -0.05) is 26.2 Å². The van der Waals surface area contributed by atoms with Crippen LogP contribution in [0.15, 0.2) is 5.38 Å². The van der Waals surface area contributed by atoms with Crippen LogP contribution in [0.25, 0.3) is 0 Å². The number of hydrogen-bond acceptors (Lipinski definition) is 4. The molecule has 120 valence electrons. The van der Waals surface area contributed by atoms with E-state index in [0.29, 0.717) is 11.6 Å². The molecule has 1 heterocycles. The van der Waals surface area contributed by atoms with E-state index in [1.807, 2.05) is 0 Å². The first-order valence-corrected chi connectivity index (χ1v) is 9.28. The molecule has 1 aliphatic carbocycles. The molecule has 1 atom stereocenters. The van der Waals surface area contributed by atoms with Gasteiger partial charge in [-0.15, -0.1) is 11.3 Å². The van der Waals surface area contributed by atoms with Gasteiger partial charge in [-0.3, -0.25) is 0 Å². The molecule has 1 saturated carbocycles. The highest BCUT2D eigenvalue weighted by molar-refractivity contribution is 7.09. The Labute approximate surface area is 134 Å². The van der Waals surface area contributed by atoms with Gasteiger partial charge in [-0.05, 0) is 46.8 Å². The van der Waals surface area contributed by atoms with Gasteiger partial charge in [0.05, 0.1) is 10.7 Å². The molecule has 4 heteroatoms. The van der Waals surface area contributed by atoms with E-state index in [1.54, 1.807) is 11.3 Å². The molecule has 0 saturated heterocycles. The molecule has 1 unspecified atom stereocenters. The normalized spacial score (nSPS) is 19.9. The summed E-state index contributed by atoms with van der Waals surface area (Å²) in [6.07, 6.45) is 8.98. The quantitative estimate of drug-likeness (QED) is 0.833. The van der Waals surface area contributed by atoms with E-state index in [0.717, 1.165) is 13.0 Å². The summed E-state index contributed by atoms with van der Waals surface area (Å²) in [4.78, 5) is 7.19. The van der Waals surface area contributed by atoms with Crippen molar-refractivity contribution >= 4 is 11.3 Å². The van der Waals surface area contributed by atoms with Gasteiger partial charge in [-0.2, -0.15) is 0 Å². The van der Waals surface area contributed by atoms with Gasteiger partial charge in [0.15, 0.2) is 0 Å². The number of nitrogens with one attached hydrogen (secondary N) is 1. The lowest BCUT2D eigenvalue weighted by Gasteiger charge is -2.49. The third kappa shape index (κ3) is 4.05. The Kier molecular flexibility index (Phi) is 6.20. The number of rotatable bonds is 7. The van der Waals surface area contributed by atoms with Gasteiger partial charge in [0.2, 0.25) is 0 Å². The first-order chi connectivity index (χ1) is 10.1. The van der Waals surface area contributed by atoms with Crippen molar-refractivity contribution in [3.8, 4) is 0 Å². The van der Waals surface area contributed by atoms with Crippen LogP contribution < -0.4 is 5.32 Å². The van der Waals surface area contributed by atoms with Crippen LogP contribution in [0.1, 0.15) is 56.2 Å². The van der Waals surface area contributed by atoms with E-state index in [1.165, 1.54) is 49.2 Å². The zero-order valence-corrected chi connectivity index (χ0v) is 14.9. The maximum Gasteiger partial charge on any atom is 0.0897 e. The second kappa shape index (κ2) is 7.70. The first-order valence-electron chi connectivity index (χ1n) is 8.40. The van der Waals surface area contributed by atoms with E-state index < -0.39 is 0 Å². The summed E-state index contributed by atoms with van der Waals surface area (Å²) in [6.45, 7) is 5.45. The maximum atomic E-state index is 4.70. The van der Waals surface area contributed by atoms with E-state index in [2.05, 4.69) is 43.5 Å².